The van der Waals surface area contributed by atoms with E-state index in [0.717, 1.165) is 40.4 Å². The predicted molar refractivity (Wildman–Crippen MR) is 225 cm³/mol. The second-order valence-corrected chi connectivity index (χ2v) is 17.4. The van der Waals surface area contributed by atoms with Crippen LogP contribution in [0.5, 0.6) is 0 Å². The van der Waals surface area contributed by atoms with Crippen LogP contribution in [0.2, 0.25) is 10.0 Å². The van der Waals surface area contributed by atoms with Gasteiger partial charge < -0.3 is 0 Å². The van der Waals surface area contributed by atoms with Gasteiger partial charge in [0.2, 0.25) is 0 Å². The van der Waals surface area contributed by atoms with Crippen molar-refractivity contribution >= 4 is 39.9 Å². The van der Waals surface area contributed by atoms with Crippen LogP contribution in [0.15, 0.2) is 133 Å². The van der Waals surface area contributed by atoms with Crippen LogP contribution in [0.1, 0.15) is 73.1 Å². The first-order chi connectivity index (χ1) is 25.6. The quantitative estimate of drug-likeness (QED) is 0.166. The molecule has 0 nitrogen and oxygen atoms in total. The van der Waals surface area contributed by atoms with Crippen molar-refractivity contribution in [1.29, 1.82) is 0 Å². The maximum absolute atomic E-state index is 6.60. The van der Waals surface area contributed by atoms with Crippen molar-refractivity contribution in [2.24, 2.45) is 5.41 Å². The molecule has 10 rings (SSSR count). The van der Waals surface area contributed by atoms with Crippen LogP contribution in [-0.4, -0.2) is 0 Å². The standard InChI is InChI=1S/C51H40Cl2/c1-50(2)28-39-43(31-17-11-12-18-31)46-37-27-40(50)42(30-13-7-5-8-14-30)38-29-51(3,4)49(45(37)38)48(46)47(44(39)32-15-9-6-10-16-32)41(33-19-23-35(52)24-20-33)34-21-25-36(53)26-22-34/h5-17,19-27H,18,28-29H2,1-4H3. The maximum atomic E-state index is 6.60. The van der Waals surface area contributed by atoms with Crippen molar-refractivity contribution in [2.75, 3.05) is 0 Å². The van der Waals surface area contributed by atoms with Gasteiger partial charge in [-0.3, -0.25) is 0 Å². The third-order valence-corrected chi connectivity index (χ3v) is 12.7. The van der Waals surface area contributed by atoms with E-state index in [4.69, 9.17) is 23.2 Å². The molecule has 0 amide bonds. The van der Waals surface area contributed by atoms with E-state index in [1.54, 1.807) is 0 Å². The number of allylic oxidation sites excluding steroid dienone is 4. The molecule has 0 heterocycles. The molecule has 0 aromatic heterocycles. The molecule has 258 valence electrons. The van der Waals surface area contributed by atoms with E-state index in [0.29, 0.717) is 0 Å². The molecule has 4 aliphatic rings. The van der Waals surface area contributed by atoms with Gasteiger partial charge in [-0.2, -0.15) is 0 Å². The highest BCUT2D eigenvalue weighted by molar-refractivity contribution is 6.31. The highest BCUT2D eigenvalue weighted by Gasteiger charge is 2.47. The summed E-state index contributed by atoms with van der Waals surface area (Å²) >= 11 is 13.2. The van der Waals surface area contributed by atoms with Gasteiger partial charge in [0.15, 0.2) is 0 Å². The SMILES string of the molecule is CC1(C)Cc2c3c4cc(c2-c2ccccc2)C(C)(C)Cc2c(C5=CC=CC5)c-4c(c(=C(c4ccc(Cl)cc4)c4ccc(Cl)cc4)c2-c2ccccc2)=C31. The molecule has 0 aliphatic heterocycles. The number of benzene rings is 6. The molecule has 0 unspecified atom stereocenters. The first-order valence-corrected chi connectivity index (χ1v) is 19.6. The fraction of sp³-hybridized carbons (Fsp3) is 0.176. The zero-order valence-electron chi connectivity index (χ0n) is 30.6. The Balaban J connectivity index is 1.55. The van der Waals surface area contributed by atoms with Crippen LogP contribution in [-0.2, 0) is 18.3 Å². The molecule has 0 radical (unpaired) electrons. The fourth-order valence-corrected chi connectivity index (χ4v) is 10.3. The van der Waals surface area contributed by atoms with Crippen LogP contribution in [0.3, 0.4) is 0 Å². The van der Waals surface area contributed by atoms with Crippen LogP contribution in [0, 0.1) is 5.41 Å². The zero-order chi connectivity index (χ0) is 36.2. The van der Waals surface area contributed by atoms with Crippen molar-refractivity contribution in [3.05, 3.63) is 193 Å². The molecule has 0 N–H and O–H groups in total. The first-order valence-electron chi connectivity index (χ1n) is 18.8. The Morgan fingerprint density at radius 2 is 1.11 bits per heavy atom. The van der Waals surface area contributed by atoms with E-state index < -0.39 is 0 Å². The highest BCUT2D eigenvalue weighted by Crippen LogP contribution is 2.59. The lowest BCUT2D eigenvalue weighted by Crippen LogP contribution is -2.38. The molecule has 4 aliphatic carbocycles. The largest absolute Gasteiger partial charge is 0.0843 e. The van der Waals surface area contributed by atoms with E-state index >= 15 is 0 Å². The van der Waals surface area contributed by atoms with Gasteiger partial charge in [-0.25, -0.2) is 0 Å². The average molecular weight is 724 g/mol. The van der Waals surface area contributed by atoms with Gasteiger partial charge in [-0.1, -0.05) is 154 Å². The highest BCUT2D eigenvalue weighted by atomic mass is 35.5. The van der Waals surface area contributed by atoms with Crippen LogP contribution in [0.25, 0.3) is 50.1 Å². The third-order valence-electron chi connectivity index (χ3n) is 12.2. The minimum Gasteiger partial charge on any atom is -0.0843 e. The van der Waals surface area contributed by atoms with Gasteiger partial charge in [-0.15, -0.1) is 0 Å². The Kier molecular flexibility index (Phi) is 7.30. The Bertz CT molecular complexity index is 2660. The normalized spacial score (nSPS) is 16.6. The van der Waals surface area contributed by atoms with Crippen molar-refractivity contribution in [3.63, 3.8) is 0 Å². The number of hydrogen-bond acceptors (Lipinski definition) is 0. The minimum absolute atomic E-state index is 0.108. The van der Waals surface area contributed by atoms with Gasteiger partial charge in [-0.05, 0) is 160 Å². The average Bonchev–Trinajstić information content (AvgIpc) is 3.87. The lowest BCUT2D eigenvalue weighted by molar-refractivity contribution is 0.510. The summed E-state index contributed by atoms with van der Waals surface area (Å²) in [6, 6.07) is 41.9. The third kappa shape index (κ3) is 4.89. The Hall–Kier alpha value is -4.88. The molecular weight excluding hydrogens is 683 g/mol. The lowest BCUT2D eigenvalue weighted by Gasteiger charge is -2.36. The topological polar surface area (TPSA) is 0 Å². The summed E-state index contributed by atoms with van der Waals surface area (Å²) in [5.41, 5.74) is 21.6. The predicted octanol–water partition coefficient (Wildman–Crippen LogP) is 12.5. The van der Waals surface area contributed by atoms with Gasteiger partial charge in [0.05, 0.1) is 0 Å². The Morgan fingerprint density at radius 3 is 1.68 bits per heavy atom. The Labute approximate surface area is 322 Å². The fourth-order valence-electron chi connectivity index (χ4n) is 10.1. The number of halogens is 2. The summed E-state index contributed by atoms with van der Waals surface area (Å²) in [6.45, 7) is 9.92. The van der Waals surface area contributed by atoms with Crippen LogP contribution < -0.4 is 10.4 Å². The van der Waals surface area contributed by atoms with Crippen molar-refractivity contribution in [1.82, 2.24) is 0 Å². The lowest BCUT2D eigenvalue weighted by atomic mass is 9.67. The first kappa shape index (κ1) is 32.7. The number of hydrogen-bond donors (Lipinski definition) is 0. The number of rotatable bonds is 5. The second-order valence-electron chi connectivity index (χ2n) is 16.5. The molecule has 4 bridgehead atoms. The molecule has 6 aromatic carbocycles. The van der Waals surface area contributed by atoms with E-state index in [2.05, 4.69) is 137 Å². The monoisotopic (exact) mass is 722 g/mol. The minimum atomic E-state index is -0.172. The molecular formula is C51H40Cl2. The Morgan fingerprint density at radius 1 is 0.566 bits per heavy atom. The molecule has 53 heavy (non-hydrogen) atoms. The van der Waals surface area contributed by atoms with Crippen molar-refractivity contribution in [3.8, 4) is 33.4 Å². The second kappa shape index (κ2) is 11.8. The smallest absolute Gasteiger partial charge is 0.0406 e. The molecule has 6 aromatic rings. The van der Waals surface area contributed by atoms with Gasteiger partial charge in [0, 0.05) is 10.0 Å². The summed E-state index contributed by atoms with van der Waals surface area (Å²) < 4.78 is 0. The van der Waals surface area contributed by atoms with Crippen molar-refractivity contribution < 1.29 is 0 Å². The molecule has 2 heteroatoms. The molecule has 0 fully saturated rings. The molecule has 0 atom stereocenters. The van der Waals surface area contributed by atoms with Crippen LogP contribution >= 0.6 is 23.2 Å². The van der Waals surface area contributed by atoms with E-state index in [1.165, 1.54) is 88.4 Å². The van der Waals surface area contributed by atoms with Gasteiger partial charge in [0.1, 0.15) is 0 Å². The van der Waals surface area contributed by atoms with Gasteiger partial charge >= 0.3 is 0 Å². The van der Waals surface area contributed by atoms with Gasteiger partial charge in [0.25, 0.3) is 0 Å². The van der Waals surface area contributed by atoms with E-state index in [1.807, 2.05) is 24.3 Å². The van der Waals surface area contributed by atoms with E-state index in [-0.39, 0.29) is 10.8 Å². The van der Waals surface area contributed by atoms with E-state index in [9.17, 15) is 0 Å². The summed E-state index contributed by atoms with van der Waals surface area (Å²) in [4.78, 5) is 0. The molecule has 0 spiro atoms. The zero-order valence-corrected chi connectivity index (χ0v) is 32.1. The summed E-state index contributed by atoms with van der Waals surface area (Å²) in [5, 5.41) is 4.17. The number of fused-ring (bicyclic) bond motifs is 2. The summed E-state index contributed by atoms with van der Waals surface area (Å²) in [5.74, 6) is 0. The molecule has 0 saturated heterocycles. The van der Waals surface area contributed by atoms with Crippen LogP contribution in [0.4, 0.5) is 0 Å². The maximum Gasteiger partial charge on any atom is 0.0406 e. The summed E-state index contributed by atoms with van der Waals surface area (Å²) in [6.07, 6.45) is 9.78. The van der Waals surface area contributed by atoms with Crippen molar-refractivity contribution in [2.45, 2.75) is 52.4 Å². The molecule has 0 saturated carbocycles. The summed E-state index contributed by atoms with van der Waals surface area (Å²) in [7, 11) is 0.